The Balaban J connectivity index is 1.75. The highest BCUT2D eigenvalue weighted by Crippen LogP contribution is 2.30. The smallest absolute Gasteiger partial charge is 0.0633 e. The summed E-state index contributed by atoms with van der Waals surface area (Å²) in [5.74, 6) is 5.95. The van der Waals surface area contributed by atoms with Crippen LogP contribution in [0, 0.1) is 0 Å². The number of hydrazine groups is 1. The Labute approximate surface area is 124 Å². The number of fused-ring (bicyclic) bond motifs is 4. The van der Waals surface area contributed by atoms with E-state index in [1.165, 1.54) is 29.4 Å². The summed E-state index contributed by atoms with van der Waals surface area (Å²) in [4.78, 5) is 9.34. The molecule has 21 heavy (non-hydrogen) atoms. The molecule has 5 heteroatoms. The lowest BCUT2D eigenvalue weighted by molar-refractivity contribution is -0.00347. The topological polar surface area (TPSA) is 57.4 Å². The largest absolute Gasteiger partial charge is 0.299 e. The summed E-state index contributed by atoms with van der Waals surface area (Å²) < 4.78 is 0. The van der Waals surface area contributed by atoms with Crippen LogP contribution in [0.1, 0.15) is 11.6 Å². The van der Waals surface area contributed by atoms with Crippen molar-refractivity contribution in [2.75, 3.05) is 32.7 Å². The number of rotatable bonds is 3. The molecule has 2 aromatic rings. The summed E-state index contributed by atoms with van der Waals surface area (Å²) in [6.45, 7) is 5.77. The lowest BCUT2D eigenvalue weighted by Gasteiger charge is -2.50. The molecule has 3 aliphatic rings. The van der Waals surface area contributed by atoms with E-state index >= 15 is 0 Å². The van der Waals surface area contributed by atoms with Crippen LogP contribution in [0.3, 0.4) is 0 Å². The lowest BCUT2D eigenvalue weighted by atomic mass is 9.91. The molecule has 110 valence electrons. The van der Waals surface area contributed by atoms with Crippen molar-refractivity contribution in [3.63, 3.8) is 0 Å². The van der Waals surface area contributed by atoms with Crippen molar-refractivity contribution in [3.8, 4) is 0 Å². The maximum atomic E-state index is 5.95. The molecule has 0 amide bonds. The van der Waals surface area contributed by atoms with Gasteiger partial charge in [0, 0.05) is 56.5 Å². The fourth-order valence-electron chi connectivity index (χ4n) is 3.80. The van der Waals surface area contributed by atoms with Crippen LogP contribution >= 0.6 is 0 Å². The van der Waals surface area contributed by atoms with Gasteiger partial charge in [0.2, 0.25) is 0 Å². The fourth-order valence-corrected chi connectivity index (χ4v) is 3.80. The minimum atomic E-state index is 0.152. The SMILES string of the molecule is NNC(c1cccc2cnccc12)C1CN2CCN1CC2. The minimum Gasteiger partial charge on any atom is -0.299 e. The predicted octanol–water partition coefficient (Wildman–Crippen LogP) is 0.739. The van der Waals surface area contributed by atoms with Crippen molar-refractivity contribution in [2.45, 2.75) is 12.1 Å². The van der Waals surface area contributed by atoms with E-state index in [0.717, 1.165) is 19.6 Å². The molecule has 1 aromatic carbocycles. The summed E-state index contributed by atoms with van der Waals surface area (Å²) in [5, 5.41) is 2.42. The third-order valence-corrected chi connectivity index (χ3v) is 4.94. The molecule has 3 saturated heterocycles. The third-order valence-electron chi connectivity index (χ3n) is 4.94. The molecule has 3 aliphatic heterocycles. The van der Waals surface area contributed by atoms with Crippen molar-refractivity contribution >= 4 is 10.8 Å². The van der Waals surface area contributed by atoms with Gasteiger partial charge in [-0.15, -0.1) is 0 Å². The van der Waals surface area contributed by atoms with Crippen LogP contribution in [0.5, 0.6) is 0 Å². The molecule has 0 aliphatic carbocycles. The molecule has 2 bridgehead atoms. The number of benzene rings is 1. The van der Waals surface area contributed by atoms with Crippen LogP contribution in [0.4, 0.5) is 0 Å². The van der Waals surface area contributed by atoms with Gasteiger partial charge in [-0.2, -0.15) is 0 Å². The van der Waals surface area contributed by atoms with Gasteiger partial charge >= 0.3 is 0 Å². The molecule has 0 spiro atoms. The molecule has 2 atom stereocenters. The second-order valence-corrected chi connectivity index (χ2v) is 5.99. The predicted molar refractivity (Wildman–Crippen MR) is 83.6 cm³/mol. The van der Waals surface area contributed by atoms with E-state index in [1.54, 1.807) is 0 Å². The Morgan fingerprint density at radius 2 is 2.05 bits per heavy atom. The molecule has 0 radical (unpaired) electrons. The molecule has 4 heterocycles. The van der Waals surface area contributed by atoms with Gasteiger partial charge in [-0.25, -0.2) is 0 Å². The van der Waals surface area contributed by atoms with Crippen LogP contribution in [0.2, 0.25) is 0 Å². The minimum absolute atomic E-state index is 0.152. The molecule has 5 rings (SSSR count). The summed E-state index contributed by atoms with van der Waals surface area (Å²) in [6.07, 6.45) is 3.78. The summed E-state index contributed by atoms with van der Waals surface area (Å²) in [6, 6.07) is 9.07. The zero-order valence-corrected chi connectivity index (χ0v) is 12.1. The van der Waals surface area contributed by atoms with Crippen molar-refractivity contribution in [2.24, 2.45) is 5.84 Å². The van der Waals surface area contributed by atoms with Crippen molar-refractivity contribution in [1.82, 2.24) is 20.2 Å². The van der Waals surface area contributed by atoms with Gasteiger partial charge in [-0.1, -0.05) is 18.2 Å². The zero-order valence-electron chi connectivity index (χ0n) is 12.1. The Hall–Kier alpha value is -1.53. The fraction of sp³-hybridized carbons (Fsp3) is 0.438. The highest BCUT2D eigenvalue weighted by atomic mass is 15.4. The van der Waals surface area contributed by atoms with E-state index < -0.39 is 0 Å². The van der Waals surface area contributed by atoms with E-state index in [9.17, 15) is 0 Å². The Morgan fingerprint density at radius 3 is 2.76 bits per heavy atom. The standard InChI is InChI=1S/C16H21N5/c17-19-16(15-11-20-6-8-21(15)9-7-20)14-3-1-2-12-10-18-5-4-13(12)14/h1-5,10,15-16,19H,6-9,11,17H2. The van der Waals surface area contributed by atoms with E-state index in [2.05, 4.69) is 44.5 Å². The number of hydrogen-bond donors (Lipinski definition) is 2. The van der Waals surface area contributed by atoms with Crippen LogP contribution in [0.15, 0.2) is 36.7 Å². The molecule has 5 nitrogen and oxygen atoms in total. The molecule has 2 unspecified atom stereocenters. The molecular weight excluding hydrogens is 262 g/mol. The van der Waals surface area contributed by atoms with Crippen LogP contribution in [-0.4, -0.2) is 53.5 Å². The first-order chi connectivity index (χ1) is 10.4. The first kappa shape index (κ1) is 13.2. The summed E-state index contributed by atoms with van der Waals surface area (Å²) in [7, 11) is 0. The van der Waals surface area contributed by atoms with E-state index in [-0.39, 0.29) is 6.04 Å². The first-order valence-electron chi connectivity index (χ1n) is 7.62. The third kappa shape index (κ3) is 2.22. The first-order valence-corrected chi connectivity index (χ1v) is 7.62. The van der Waals surface area contributed by atoms with Crippen molar-refractivity contribution in [1.29, 1.82) is 0 Å². The molecular formula is C16H21N5. The van der Waals surface area contributed by atoms with E-state index in [1.807, 2.05) is 12.4 Å². The van der Waals surface area contributed by atoms with Gasteiger partial charge in [-0.05, 0) is 17.0 Å². The van der Waals surface area contributed by atoms with Gasteiger partial charge in [0.1, 0.15) is 0 Å². The highest BCUT2D eigenvalue weighted by molar-refractivity contribution is 5.85. The summed E-state index contributed by atoms with van der Waals surface area (Å²) in [5.41, 5.74) is 4.35. The second-order valence-electron chi connectivity index (χ2n) is 5.99. The van der Waals surface area contributed by atoms with Crippen molar-refractivity contribution in [3.05, 3.63) is 42.2 Å². The van der Waals surface area contributed by atoms with Gasteiger partial charge in [0.15, 0.2) is 0 Å². The lowest BCUT2D eigenvalue weighted by Crippen LogP contribution is -2.64. The average Bonchev–Trinajstić information content (AvgIpc) is 2.57. The Kier molecular flexibility index (Phi) is 3.35. The number of pyridine rings is 1. The van der Waals surface area contributed by atoms with E-state index in [0.29, 0.717) is 6.04 Å². The Morgan fingerprint density at radius 1 is 1.19 bits per heavy atom. The number of nitrogens with one attached hydrogen (secondary N) is 1. The second kappa shape index (κ2) is 5.35. The molecule has 1 aromatic heterocycles. The zero-order chi connectivity index (χ0) is 14.2. The van der Waals surface area contributed by atoms with Gasteiger partial charge in [0.25, 0.3) is 0 Å². The summed E-state index contributed by atoms with van der Waals surface area (Å²) >= 11 is 0. The van der Waals surface area contributed by atoms with Crippen molar-refractivity contribution < 1.29 is 0 Å². The normalized spacial score (nSPS) is 29.7. The average molecular weight is 283 g/mol. The molecule has 3 fully saturated rings. The maximum absolute atomic E-state index is 5.95. The van der Waals surface area contributed by atoms with Crippen LogP contribution in [0.25, 0.3) is 10.8 Å². The maximum Gasteiger partial charge on any atom is 0.0633 e. The Bertz CT molecular complexity index is 630. The molecule has 0 saturated carbocycles. The highest BCUT2D eigenvalue weighted by Gasteiger charge is 2.37. The number of nitrogens with zero attached hydrogens (tertiary/aromatic N) is 3. The van der Waals surface area contributed by atoms with E-state index in [4.69, 9.17) is 5.84 Å². The van der Waals surface area contributed by atoms with Gasteiger partial charge < -0.3 is 0 Å². The number of piperazine rings is 3. The van der Waals surface area contributed by atoms with Crippen LogP contribution in [-0.2, 0) is 0 Å². The number of nitrogens with two attached hydrogens (primary N) is 1. The number of hydrogen-bond acceptors (Lipinski definition) is 5. The van der Waals surface area contributed by atoms with Gasteiger partial charge in [0.05, 0.1) is 6.04 Å². The number of aromatic nitrogens is 1. The molecule has 3 N–H and O–H groups in total. The van der Waals surface area contributed by atoms with Gasteiger partial charge in [-0.3, -0.25) is 26.1 Å². The van der Waals surface area contributed by atoms with Crippen LogP contribution < -0.4 is 11.3 Å². The quantitative estimate of drug-likeness (QED) is 0.643. The monoisotopic (exact) mass is 283 g/mol.